The smallest absolute Gasteiger partial charge is 0.107 e. The van der Waals surface area contributed by atoms with E-state index in [0.29, 0.717) is 4.99 Å². The maximum absolute atomic E-state index is 5.88. The molecule has 0 saturated heterocycles. The molecule has 0 atom stereocenters. The van der Waals surface area contributed by atoms with E-state index in [2.05, 4.69) is 18.3 Å². The Kier molecular flexibility index (Phi) is 4.82. The molecule has 0 aliphatic rings. The zero-order valence-electron chi connectivity index (χ0n) is 10.7. The third-order valence-electron chi connectivity index (χ3n) is 2.63. The minimum Gasteiger partial charge on any atom is -0.389 e. The van der Waals surface area contributed by atoms with Gasteiger partial charge in [0, 0.05) is 21.8 Å². The molecule has 0 aliphatic carbocycles. The highest BCUT2D eigenvalue weighted by Crippen LogP contribution is 2.30. The number of hydrogen-bond acceptors (Lipinski definition) is 3. The number of nitrogens with two attached hydrogens (primary N) is 1. The van der Waals surface area contributed by atoms with Crippen LogP contribution in [0.3, 0.4) is 0 Å². The summed E-state index contributed by atoms with van der Waals surface area (Å²) in [5.74, 6) is 0.990. The van der Waals surface area contributed by atoms with Gasteiger partial charge in [-0.3, -0.25) is 0 Å². The second kappa shape index (κ2) is 6.59. The van der Waals surface area contributed by atoms with Crippen LogP contribution >= 0.6 is 24.0 Å². The van der Waals surface area contributed by atoms with E-state index in [1.54, 1.807) is 11.8 Å². The normalized spacial score (nSPS) is 10.2. The average Bonchev–Trinajstić information content (AvgIpc) is 2.40. The second-order valence-corrected chi connectivity index (χ2v) is 5.71. The zero-order chi connectivity index (χ0) is 13.7. The molecule has 4 heteroatoms. The Morgan fingerprint density at radius 3 is 2.53 bits per heavy atom. The molecular formula is C15H16N2S2. The van der Waals surface area contributed by atoms with E-state index in [-0.39, 0.29) is 0 Å². The molecular weight excluding hydrogens is 272 g/mol. The van der Waals surface area contributed by atoms with Crippen LogP contribution in [-0.4, -0.2) is 10.7 Å². The van der Waals surface area contributed by atoms with Crippen molar-refractivity contribution in [2.45, 2.75) is 11.8 Å². The molecule has 0 aliphatic heterocycles. The maximum atomic E-state index is 5.88. The molecule has 0 heterocycles. The first-order valence-electron chi connectivity index (χ1n) is 6.10. The average molecular weight is 288 g/mol. The highest BCUT2D eigenvalue weighted by molar-refractivity contribution is 7.99. The lowest BCUT2D eigenvalue weighted by Crippen LogP contribution is -2.13. The SMILES string of the molecule is CCSc1cccc(Nc2ccccc2)c1C(N)=S. The van der Waals surface area contributed by atoms with Crippen LogP contribution in [0.5, 0.6) is 0 Å². The predicted octanol–water partition coefficient (Wildman–Crippen LogP) is 4.18. The first-order chi connectivity index (χ1) is 9.22. The van der Waals surface area contributed by atoms with E-state index >= 15 is 0 Å². The monoisotopic (exact) mass is 288 g/mol. The molecule has 0 radical (unpaired) electrons. The van der Waals surface area contributed by atoms with Crippen LogP contribution in [0, 0.1) is 0 Å². The van der Waals surface area contributed by atoms with Gasteiger partial charge >= 0.3 is 0 Å². The van der Waals surface area contributed by atoms with Crippen LogP contribution < -0.4 is 11.1 Å². The topological polar surface area (TPSA) is 38.0 Å². The quantitative estimate of drug-likeness (QED) is 0.639. The van der Waals surface area contributed by atoms with Gasteiger partial charge in [0.25, 0.3) is 0 Å². The Morgan fingerprint density at radius 1 is 1.16 bits per heavy atom. The molecule has 2 aromatic rings. The molecule has 0 saturated carbocycles. The molecule has 3 N–H and O–H groups in total. The van der Waals surface area contributed by atoms with Gasteiger partial charge in [0.1, 0.15) is 4.99 Å². The van der Waals surface area contributed by atoms with Crippen molar-refractivity contribution >= 4 is 40.3 Å². The maximum Gasteiger partial charge on any atom is 0.107 e. The fraction of sp³-hybridized carbons (Fsp3) is 0.133. The van der Waals surface area contributed by atoms with Gasteiger partial charge in [0.05, 0.1) is 0 Å². The number of hydrogen-bond donors (Lipinski definition) is 2. The van der Waals surface area contributed by atoms with Gasteiger partial charge in [-0.15, -0.1) is 11.8 Å². The minimum absolute atomic E-state index is 0.426. The lowest BCUT2D eigenvalue weighted by Gasteiger charge is -2.14. The van der Waals surface area contributed by atoms with Crippen molar-refractivity contribution in [3.63, 3.8) is 0 Å². The molecule has 0 fully saturated rings. The summed E-state index contributed by atoms with van der Waals surface area (Å²) in [7, 11) is 0. The Morgan fingerprint density at radius 2 is 1.89 bits per heavy atom. The van der Waals surface area contributed by atoms with Crippen molar-refractivity contribution < 1.29 is 0 Å². The number of anilines is 2. The number of nitrogens with one attached hydrogen (secondary N) is 1. The minimum atomic E-state index is 0.426. The van der Waals surface area contributed by atoms with Crippen LogP contribution in [-0.2, 0) is 0 Å². The summed E-state index contributed by atoms with van der Waals surface area (Å²) in [6.45, 7) is 2.12. The van der Waals surface area contributed by atoms with E-state index in [9.17, 15) is 0 Å². The van der Waals surface area contributed by atoms with E-state index in [1.165, 1.54) is 0 Å². The zero-order valence-corrected chi connectivity index (χ0v) is 12.4. The molecule has 2 nitrogen and oxygen atoms in total. The summed E-state index contributed by atoms with van der Waals surface area (Å²) in [4.78, 5) is 1.55. The first kappa shape index (κ1) is 13.9. The van der Waals surface area contributed by atoms with Gasteiger partial charge in [-0.2, -0.15) is 0 Å². The fourth-order valence-electron chi connectivity index (χ4n) is 1.84. The van der Waals surface area contributed by atoms with Crippen molar-refractivity contribution in [2.75, 3.05) is 11.1 Å². The summed E-state index contributed by atoms with van der Waals surface area (Å²) < 4.78 is 0. The van der Waals surface area contributed by atoms with Crippen molar-refractivity contribution in [1.82, 2.24) is 0 Å². The highest BCUT2D eigenvalue weighted by atomic mass is 32.2. The number of benzene rings is 2. The Bertz CT molecular complexity index is 568. The summed E-state index contributed by atoms with van der Waals surface area (Å²) in [6, 6.07) is 16.1. The molecule has 19 heavy (non-hydrogen) atoms. The summed E-state index contributed by atoms with van der Waals surface area (Å²) in [5.41, 5.74) is 8.78. The lowest BCUT2D eigenvalue weighted by molar-refractivity contribution is 1.38. The Balaban J connectivity index is 2.39. The molecule has 0 bridgehead atoms. The summed E-state index contributed by atoms with van der Waals surface area (Å²) >= 11 is 6.94. The van der Waals surface area contributed by atoms with Crippen LogP contribution in [0.15, 0.2) is 53.4 Å². The highest BCUT2D eigenvalue weighted by Gasteiger charge is 2.11. The fourth-order valence-corrected chi connectivity index (χ4v) is 2.98. The third-order valence-corrected chi connectivity index (χ3v) is 3.77. The van der Waals surface area contributed by atoms with Crippen molar-refractivity contribution in [3.8, 4) is 0 Å². The van der Waals surface area contributed by atoms with Crippen LogP contribution in [0.2, 0.25) is 0 Å². The molecule has 0 unspecified atom stereocenters. The lowest BCUT2D eigenvalue weighted by atomic mass is 10.1. The van der Waals surface area contributed by atoms with Gasteiger partial charge in [-0.1, -0.05) is 43.4 Å². The number of rotatable bonds is 5. The summed E-state index contributed by atoms with van der Waals surface area (Å²) in [5, 5.41) is 3.37. The Hall–Kier alpha value is -1.52. The van der Waals surface area contributed by atoms with Crippen LogP contribution in [0.1, 0.15) is 12.5 Å². The second-order valence-electron chi connectivity index (χ2n) is 3.97. The van der Waals surface area contributed by atoms with Crippen molar-refractivity contribution in [3.05, 3.63) is 54.1 Å². The number of thiocarbonyl (C=S) groups is 1. The predicted molar refractivity (Wildman–Crippen MR) is 88.5 cm³/mol. The Labute approximate surface area is 123 Å². The molecule has 0 aromatic heterocycles. The van der Waals surface area contributed by atoms with E-state index < -0.39 is 0 Å². The molecule has 0 amide bonds. The summed E-state index contributed by atoms with van der Waals surface area (Å²) in [6.07, 6.45) is 0. The van der Waals surface area contributed by atoms with Crippen molar-refractivity contribution in [2.24, 2.45) is 5.73 Å². The largest absolute Gasteiger partial charge is 0.389 e. The van der Waals surface area contributed by atoms with Gasteiger partial charge in [-0.25, -0.2) is 0 Å². The molecule has 0 spiro atoms. The van der Waals surface area contributed by atoms with Crippen molar-refractivity contribution in [1.29, 1.82) is 0 Å². The molecule has 98 valence electrons. The standard InChI is InChI=1S/C15H16N2S2/c1-2-19-13-10-6-9-12(14(13)15(16)18)17-11-7-4-3-5-8-11/h3-10,17H,2H2,1H3,(H2,16,18). The van der Waals surface area contributed by atoms with Crippen LogP contribution in [0.25, 0.3) is 0 Å². The van der Waals surface area contributed by atoms with E-state index in [1.807, 2.05) is 42.5 Å². The first-order valence-corrected chi connectivity index (χ1v) is 7.49. The van der Waals surface area contributed by atoms with E-state index in [0.717, 1.165) is 27.6 Å². The number of para-hydroxylation sites is 1. The van der Waals surface area contributed by atoms with Crippen LogP contribution in [0.4, 0.5) is 11.4 Å². The number of thioether (sulfide) groups is 1. The van der Waals surface area contributed by atoms with Gasteiger partial charge in [0.2, 0.25) is 0 Å². The van der Waals surface area contributed by atoms with E-state index in [4.69, 9.17) is 18.0 Å². The molecule has 2 aromatic carbocycles. The third kappa shape index (κ3) is 3.49. The van der Waals surface area contributed by atoms with Gasteiger partial charge in [0.15, 0.2) is 0 Å². The molecule has 2 rings (SSSR count). The van der Waals surface area contributed by atoms with Gasteiger partial charge in [-0.05, 0) is 30.0 Å². The van der Waals surface area contributed by atoms with Gasteiger partial charge < -0.3 is 11.1 Å².